The monoisotopic (exact) mass is 341 g/mol. The van der Waals surface area contributed by atoms with Gasteiger partial charge in [-0.1, -0.05) is 17.8 Å². The Kier molecular flexibility index (Phi) is 4.71. The Morgan fingerprint density at radius 2 is 1.92 bits per heavy atom. The highest BCUT2D eigenvalue weighted by Crippen LogP contribution is 2.23. The first-order valence-corrected chi connectivity index (χ1v) is 8.47. The summed E-state index contributed by atoms with van der Waals surface area (Å²) in [5.41, 5.74) is 2.64. The topological polar surface area (TPSA) is 62.5 Å². The van der Waals surface area contributed by atoms with Crippen LogP contribution in [0.1, 0.15) is 6.92 Å². The summed E-state index contributed by atoms with van der Waals surface area (Å²) in [6.45, 7) is 1.86. The maximum absolute atomic E-state index is 12.4. The molecule has 1 amide bonds. The molecule has 0 unspecified atom stereocenters. The van der Waals surface area contributed by atoms with Gasteiger partial charge in [0.15, 0.2) is 10.8 Å². The fourth-order valence-corrected chi connectivity index (χ4v) is 3.04. The molecule has 124 valence electrons. The first-order valence-electron chi connectivity index (χ1n) is 7.59. The normalized spacial score (nSPS) is 12.1. The van der Waals surface area contributed by atoms with Gasteiger partial charge in [0.2, 0.25) is 5.91 Å². The van der Waals surface area contributed by atoms with E-state index in [1.807, 2.05) is 79.0 Å². The van der Waals surface area contributed by atoms with Crippen molar-refractivity contribution in [2.75, 3.05) is 24.3 Å². The molecule has 1 aromatic carbocycles. The molecule has 7 heteroatoms. The smallest absolute Gasteiger partial charge is 0.237 e. The standard InChI is InChI=1S/C17H19N5OS/c1-12(24-17-20-19-15-6-4-5-11-22(15)17)16(23)18-13-7-9-14(10-8-13)21(2)3/h4-12H,1-3H3,(H,18,23)/t12-/m1/s1. The van der Waals surface area contributed by atoms with Crippen molar-refractivity contribution in [3.8, 4) is 0 Å². The number of hydrogen-bond donors (Lipinski definition) is 1. The Hall–Kier alpha value is -2.54. The Bertz CT molecular complexity index is 844. The molecule has 24 heavy (non-hydrogen) atoms. The fourth-order valence-electron chi connectivity index (χ4n) is 2.20. The van der Waals surface area contributed by atoms with Crippen molar-refractivity contribution in [1.29, 1.82) is 0 Å². The van der Waals surface area contributed by atoms with E-state index in [2.05, 4.69) is 15.5 Å². The van der Waals surface area contributed by atoms with Gasteiger partial charge >= 0.3 is 0 Å². The summed E-state index contributed by atoms with van der Waals surface area (Å²) in [6.07, 6.45) is 1.89. The van der Waals surface area contributed by atoms with Gasteiger partial charge < -0.3 is 10.2 Å². The van der Waals surface area contributed by atoms with E-state index in [4.69, 9.17) is 0 Å². The summed E-state index contributed by atoms with van der Waals surface area (Å²) >= 11 is 1.38. The minimum atomic E-state index is -0.286. The average Bonchev–Trinajstić information content (AvgIpc) is 2.98. The summed E-state index contributed by atoms with van der Waals surface area (Å²) in [7, 11) is 3.96. The maximum atomic E-state index is 12.4. The fraction of sp³-hybridized carbons (Fsp3) is 0.235. The van der Waals surface area contributed by atoms with Gasteiger partial charge in [-0.25, -0.2) is 0 Å². The Labute approximate surface area is 144 Å². The van der Waals surface area contributed by atoms with Crippen LogP contribution in [0.5, 0.6) is 0 Å². The summed E-state index contributed by atoms with van der Waals surface area (Å²) in [4.78, 5) is 14.4. The number of fused-ring (bicyclic) bond motifs is 1. The predicted molar refractivity (Wildman–Crippen MR) is 97.7 cm³/mol. The number of anilines is 2. The summed E-state index contributed by atoms with van der Waals surface area (Å²) in [5.74, 6) is -0.0646. The van der Waals surface area contributed by atoms with Crippen molar-refractivity contribution < 1.29 is 4.79 Å². The van der Waals surface area contributed by atoms with E-state index in [1.54, 1.807) is 0 Å². The van der Waals surface area contributed by atoms with Crippen LogP contribution in [-0.4, -0.2) is 39.9 Å². The number of hydrogen-bond acceptors (Lipinski definition) is 5. The lowest BCUT2D eigenvalue weighted by Crippen LogP contribution is -2.22. The van der Waals surface area contributed by atoms with Crippen molar-refractivity contribution in [1.82, 2.24) is 14.6 Å². The van der Waals surface area contributed by atoms with Crippen molar-refractivity contribution >= 4 is 34.7 Å². The summed E-state index contributed by atoms with van der Waals surface area (Å²) in [6, 6.07) is 13.4. The first-order chi connectivity index (χ1) is 11.5. The molecule has 0 aliphatic heterocycles. The molecule has 2 aromatic heterocycles. The van der Waals surface area contributed by atoms with E-state index in [-0.39, 0.29) is 11.2 Å². The zero-order valence-corrected chi connectivity index (χ0v) is 14.6. The van der Waals surface area contributed by atoms with Crippen molar-refractivity contribution in [2.45, 2.75) is 17.3 Å². The highest BCUT2D eigenvalue weighted by molar-refractivity contribution is 8.00. The minimum Gasteiger partial charge on any atom is -0.378 e. The zero-order chi connectivity index (χ0) is 17.1. The van der Waals surface area contributed by atoms with Crippen LogP contribution in [0.3, 0.4) is 0 Å². The molecule has 0 saturated heterocycles. The van der Waals surface area contributed by atoms with E-state index >= 15 is 0 Å². The third kappa shape index (κ3) is 3.51. The van der Waals surface area contributed by atoms with E-state index in [0.29, 0.717) is 5.16 Å². The van der Waals surface area contributed by atoms with Crippen LogP contribution in [0.15, 0.2) is 53.8 Å². The number of carbonyl (C=O) groups excluding carboxylic acids is 1. The van der Waals surface area contributed by atoms with Gasteiger partial charge in [-0.2, -0.15) is 0 Å². The SMILES string of the molecule is C[C@@H](Sc1nnc2ccccn12)C(=O)Nc1ccc(N(C)C)cc1. The molecule has 0 bridgehead atoms. The molecule has 3 rings (SSSR count). The van der Waals surface area contributed by atoms with E-state index in [0.717, 1.165) is 17.0 Å². The Morgan fingerprint density at radius 3 is 2.62 bits per heavy atom. The molecular formula is C17H19N5OS. The van der Waals surface area contributed by atoms with Crippen LogP contribution in [0.2, 0.25) is 0 Å². The third-order valence-electron chi connectivity index (χ3n) is 3.59. The molecule has 1 N–H and O–H groups in total. The van der Waals surface area contributed by atoms with Crippen LogP contribution in [0, 0.1) is 0 Å². The molecule has 0 radical (unpaired) electrons. The molecule has 2 heterocycles. The number of carbonyl (C=O) groups is 1. The molecule has 6 nitrogen and oxygen atoms in total. The van der Waals surface area contributed by atoms with Crippen molar-refractivity contribution in [3.63, 3.8) is 0 Å². The number of rotatable bonds is 5. The highest BCUT2D eigenvalue weighted by Gasteiger charge is 2.18. The quantitative estimate of drug-likeness (QED) is 0.723. The van der Waals surface area contributed by atoms with E-state index < -0.39 is 0 Å². The van der Waals surface area contributed by atoms with Gasteiger partial charge in [0.05, 0.1) is 5.25 Å². The summed E-state index contributed by atoms with van der Waals surface area (Å²) in [5, 5.41) is 11.6. The van der Waals surface area contributed by atoms with Gasteiger partial charge in [-0.15, -0.1) is 10.2 Å². The molecule has 1 atom stereocenters. The van der Waals surface area contributed by atoms with Crippen molar-refractivity contribution in [3.05, 3.63) is 48.7 Å². The number of amides is 1. The second-order valence-corrected chi connectivity index (χ2v) is 6.91. The second kappa shape index (κ2) is 6.92. The lowest BCUT2D eigenvalue weighted by Gasteiger charge is -2.14. The van der Waals surface area contributed by atoms with Crippen LogP contribution < -0.4 is 10.2 Å². The van der Waals surface area contributed by atoms with E-state index in [1.165, 1.54) is 11.8 Å². The first kappa shape index (κ1) is 16.3. The predicted octanol–water partition coefficient (Wildman–Crippen LogP) is 2.91. The number of aromatic nitrogens is 3. The molecule has 3 aromatic rings. The number of benzene rings is 1. The van der Waals surface area contributed by atoms with Crippen LogP contribution >= 0.6 is 11.8 Å². The van der Waals surface area contributed by atoms with Crippen LogP contribution in [-0.2, 0) is 4.79 Å². The molecule has 0 spiro atoms. The van der Waals surface area contributed by atoms with Crippen LogP contribution in [0.25, 0.3) is 5.65 Å². The van der Waals surface area contributed by atoms with Gasteiger partial charge in [0.25, 0.3) is 0 Å². The zero-order valence-electron chi connectivity index (χ0n) is 13.8. The van der Waals surface area contributed by atoms with Crippen LogP contribution in [0.4, 0.5) is 11.4 Å². The third-order valence-corrected chi connectivity index (χ3v) is 4.64. The maximum Gasteiger partial charge on any atom is 0.237 e. The summed E-state index contributed by atoms with van der Waals surface area (Å²) < 4.78 is 1.88. The largest absolute Gasteiger partial charge is 0.378 e. The molecule has 0 aliphatic carbocycles. The molecule has 0 fully saturated rings. The molecular weight excluding hydrogens is 322 g/mol. The Balaban J connectivity index is 1.66. The van der Waals surface area contributed by atoms with Crippen molar-refractivity contribution in [2.24, 2.45) is 0 Å². The lowest BCUT2D eigenvalue weighted by atomic mass is 10.2. The number of pyridine rings is 1. The Morgan fingerprint density at radius 1 is 1.17 bits per heavy atom. The van der Waals surface area contributed by atoms with Gasteiger partial charge in [0.1, 0.15) is 0 Å². The lowest BCUT2D eigenvalue weighted by molar-refractivity contribution is -0.115. The average molecular weight is 341 g/mol. The van der Waals surface area contributed by atoms with E-state index in [9.17, 15) is 4.79 Å². The molecule has 0 aliphatic rings. The second-order valence-electron chi connectivity index (χ2n) is 5.60. The highest BCUT2D eigenvalue weighted by atomic mass is 32.2. The van der Waals surface area contributed by atoms with Gasteiger partial charge in [-0.05, 0) is 43.3 Å². The van der Waals surface area contributed by atoms with Gasteiger partial charge in [-0.3, -0.25) is 9.20 Å². The minimum absolute atomic E-state index is 0.0646. The molecule has 0 saturated carbocycles. The number of thioether (sulfide) groups is 1. The number of nitrogens with one attached hydrogen (secondary N) is 1. The number of nitrogens with zero attached hydrogens (tertiary/aromatic N) is 4. The van der Waals surface area contributed by atoms with Gasteiger partial charge in [0, 0.05) is 31.7 Å².